The van der Waals surface area contributed by atoms with Crippen LogP contribution in [0.5, 0.6) is 0 Å². The fraction of sp³-hybridized carbons (Fsp3) is 0.0495. The van der Waals surface area contributed by atoms with E-state index in [1.807, 2.05) is 97.4 Å². The van der Waals surface area contributed by atoms with E-state index in [4.69, 9.17) is 5.73 Å². The predicted octanol–water partition coefficient (Wildman–Crippen LogP) is 20.5. The highest BCUT2D eigenvalue weighted by Crippen LogP contribution is 2.39. The third-order valence-electron chi connectivity index (χ3n) is 22.4. The Hall–Kier alpha value is -16.6. The van der Waals surface area contributed by atoms with Crippen molar-refractivity contribution >= 4 is 105 Å². The minimum atomic E-state index is -4.90. The molecule has 0 aliphatic carbocycles. The van der Waals surface area contributed by atoms with Crippen LogP contribution in [0.4, 0.5) is 36.6 Å². The van der Waals surface area contributed by atoms with Gasteiger partial charge in [0.25, 0.3) is 22.2 Å². The second kappa shape index (κ2) is 32.1. The van der Waals surface area contributed by atoms with Crippen LogP contribution in [0.25, 0.3) is 154 Å². The summed E-state index contributed by atoms with van der Waals surface area (Å²) in [7, 11) is 0. The molecule has 0 unspecified atom stereocenters. The highest BCUT2D eigenvalue weighted by molar-refractivity contribution is 6.09. The first kappa shape index (κ1) is 79.2. The van der Waals surface area contributed by atoms with Crippen LogP contribution in [0.3, 0.4) is 0 Å². The van der Waals surface area contributed by atoms with E-state index >= 15 is 0 Å². The van der Waals surface area contributed by atoms with Crippen LogP contribution in [-0.2, 0) is 19.3 Å². The number of halogens is 7. The fourth-order valence-electron chi connectivity index (χ4n) is 16.1. The summed E-state index contributed by atoms with van der Waals surface area (Å²) in [5.41, 5.74) is 23.1. The lowest BCUT2D eigenvalue weighted by Gasteiger charge is -2.15. The van der Waals surface area contributed by atoms with Crippen LogP contribution >= 0.6 is 0 Å². The smallest absolute Gasteiger partial charge is 0.384 e. The van der Waals surface area contributed by atoms with Crippen LogP contribution < -0.4 is 33.5 Å². The predicted molar refractivity (Wildman–Crippen MR) is 481 cm³/mol. The molecule has 126 heavy (non-hydrogen) atoms. The summed E-state index contributed by atoms with van der Waals surface area (Å²) in [6.07, 6.45) is 8.99. The number of benzene rings is 10. The molecule has 0 atom stereocenters. The molecular formula is C101H64F7N13O5. The Morgan fingerprint density at radius 2 is 0.683 bits per heavy atom. The van der Waals surface area contributed by atoms with Crippen molar-refractivity contribution < 1.29 is 30.7 Å². The maximum absolute atomic E-state index is 14.0. The number of anilines is 1. The van der Waals surface area contributed by atoms with Crippen molar-refractivity contribution in [1.82, 2.24) is 48.2 Å². The van der Waals surface area contributed by atoms with E-state index in [1.165, 1.54) is 70.8 Å². The van der Waals surface area contributed by atoms with Gasteiger partial charge in [-0.1, -0.05) is 48.5 Å². The topological polar surface area (TPSA) is 236 Å². The molecule has 2 aliphatic rings. The maximum atomic E-state index is 14.0. The molecule has 12 heterocycles. The number of nitrogen functional groups attached to an aromatic ring is 1. The third-order valence-corrected chi connectivity index (χ3v) is 22.4. The van der Waals surface area contributed by atoms with Gasteiger partial charge in [-0.05, 0) is 268 Å². The second-order valence-corrected chi connectivity index (χ2v) is 30.4. The third kappa shape index (κ3) is 15.0. The summed E-state index contributed by atoms with van der Waals surface area (Å²) in [6.45, 7) is 4.75. The largest absolute Gasteiger partial charge is 0.419 e. The molecule has 10 aromatic carbocycles. The Morgan fingerprint density at radius 3 is 1.06 bits per heavy atom. The lowest BCUT2D eigenvalue weighted by atomic mass is 9.98. The van der Waals surface area contributed by atoms with Gasteiger partial charge in [-0.15, -0.1) is 0 Å². The van der Waals surface area contributed by atoms with Crippen LogP contribution in [0.1, 0.15) is 38.9 Å². The molecule has 0 spiro atoms. The summed E-state index contributed by atoms with van der Waals surface area (Å²) in [6, 6.07) is 72.9. The van der Waals surface area contributed by atoms with Crippen molar-refractivity contribution in [3.8, 4) is 67.3 Å². The number of pyridine rings is 10. The van der Waals surface area contributed by atoms with Crippen molar-refractivity contribution in [3.63, 3.8) is 0 Å². The maximum Gasteiger partial charge on any atom is 0.419 e. The van der Waals surface area contributed by atoms with Gasteiger partial charge in [-0.3, -0.25) is 72.2 Å². The summed E-state index contributed by atoms with van der Waals surface area (Å²) < 4.78 is 101. The van der Waals surface area contributed by atoms with Gasteiger partial charge in [0.1, 0.15) is 29.1 Å². The number of hydrogen-bond acceptors (Lipinski definition) is 13. The first-order chi connectivity index (χ1) is 61.0. The number of aromatic amines is 1. The van der Waals surface area contributed by atoms with Crippen LogP contribution in [0.2, 0.25) is 0 Å². The molecule has 3 N–H and O–H groups in total. The number of nitrogens with one attached hydrogen (secondary N) is 1. The van der Waals surface area contributed by atoms with E-state index in [9.17, 15) is 54.7 Å². The van der Waals surface area contributed by atoms with Gasteiger partial charge >= 0.3 is 6.18 Å². The molecule has 22 rings (SSSR count). The van der Waals surface area contributed by atoms with Gasteiger partial charge in [0.15, 0.2) is 0 Å². The van der Waals surface area contributed by atoms with Gasteiger partial charge in [-0.25, -0.2) is 22.5 Å². The first-order valence-electron chi connectivity index (χ1n) is 39.6. The molecule has 18 nitrogen and oxygen atoms in total. The molecule has 0 bridgehead atoms. The lowest BCUT2D eigenvalue weighted by molar-refractivity contribution is -0.140. The Bertz CT molecular complexity index is 8310. The molecule has 0 saturated heterocycles. The summed E-state index contributed by atoms with van der Waals surface area (Å²) in [5, 5.41) is 6.08. The van der Waals surface area contributed by atoms with E-state index in [1.54, 1.807) is 144 Å². The Morgan fingerprint density at radius 1 is 0.333 bits per heavy atom. The number of aryl methyl sites for hydroxylation is 2. The number of rotatable bonds is 8. The standard InChI is InChI=1S/C27H15F4N3O.C27H18FN3O.C24H17FN4O.C23H14FN3O2/c28-23-6-5-20(11-22(23)27(29,30)31)34-25(35)8-4-18-14-33-24-7-3-16(10-21(24)26(18)34)15-1-2-17-12-32-13-19(17)9-15;1-16-10-22(6-7-24(16)28)31-26(32)9-5-20-15-30-25-8-4-18(12-23(25)27(20)31)17-2-3-19-13-29-14-21(19)11-17;1-14-10-18(5-6-20(14)25)29-23(30)9-4-17-13-27-21-7-2-15(11-19(21)24(17)29)16-3-8-22(26)28-12-16;24-17-4-6-18(7-5-17)27-22(29)10-3-16-13-25-20-8-1-14(11-19(20)23(16)27)15-2-9-21(28)26-12-15/h1-11,13-14H,12H2;2-12,14-15H,13H2,1H3;2-13H,1H3,(H2,26,28);1-13H,(H,26,28). The van der Waals surface area contributed by atoms with Crippen molar-refractivity contribution in [2.75, 3.05) is 5.73 Å². The number of nitrogens with zero attached hydrogens (tertiary/aromatic N) is 11. The van der Waals surface area contributed by atoms with E-state index in [2.05, 4.69) is 64.2 Å². The van der Waals surface area contributed by atoms with Crippen LogP contribution in [-0.4, -0.2) is 60.6 Å². The van der Waals surface area contributed by atoms with Gasteiger partial charge in [0.05, 0.1) is 68.5 Å². The molecule has 0 radical (unpaired) electrons. The minimum absolute atomic E-state index is 0.0824. The minimum Gasteiger partial charge on any atom is -0.384 e. The fourth-order valence-corrected chi connectivity index (χ4v) is 16.1. The summed E-state index contributed by atoms with van der Waals surface area (Å²) in [5.74, 6) is -1.92. The van der Waals surface area contributed by atoms with Gasteiger partial charge in [-0.2, -0.15) is 13.2 Å². The van der Waals surface area contributed by atoms with E-state index in [0.29, 0.717) is 73.9 Å². The normalized spacial score (nSPS) is 12.1. The number of fused-ring (bicyclic) bond motifs is 14. The number of hydrogen-bond donors (Lipinski definition) is 2. The molecule has 612 valence electrons. The number of H-pyrrole nitrogens is 1. The molecule has 0 fully saturated rings. The molecule has 10 aromatic heterocycles. The van der Waals surface area contributed by atoms with Gasteiger partial charge < -0.3 is 10.7 Å². The average Bonchev–Trinajstić information content (AvgIpc) is 0.851. The monoisotopic (exact) mass is 1670 g/mol. The van der Waals surface area contributed by atoms with Gasteiger partial charge in [0, 0.05) is 146 Å². The molecule has 25 heteroatoms. The Labute approximate surface area is 708 Å². The Kier molecular flexibility index (Phi) is 20.2. The van der Waals surface area contributed by atoms with E-state index < -0.39 is 23.1 Å². The van der Waals surface area contributed by atoms with E-state index in [0.717, 1.165) is 134 Å². The lowest BCUT2D eigenvalue weighted by Crippen LogP contribution is -2.19. The summed E-state index contributed by atoms with van der Waals surface area (Å²) in [4.78, 5) is 96.6. The quantitative estimate of drug-likeness (QED) is 0.107. The second-order valence-electron chi connectivity index (χ2n) is 30.4. The van der Waals surface area contributed by atoms with Crippen molar-refractivity contribution in [1.29, 1.82) is 0 Å². The number of aliphatic imine (C=N–C) groups is 2. The SMILES string of the molecule is Cc1cc(-n2c(=O)ccc3cnc4ccc(-c5ccc(N)nc5)cc4c32)ccc1F.Cc1cc(-n2c(=O)ccc3cnc4ccc(-c5ccc6c(c5)C=NC6)cc4c32)ccc1F.O=c1ccc(-c2ccc3ncc4ccc(=O)n(-c5ccc(F)cc5)c4c3c2)c[nH]1.O=c1ccc2cnc3ccc(-c4ccc5c(c4)C=NC5)cc3c2n1-c1ccc(F)c(C(F)(F)F)c1. The zero-order chi connectivity index (χ0) is 86.9. The highest BCUT2D eigenvalue weighted by atomic mass is 19.4. The van der Waals surface area contributed by atoms with E-state index in [-0.39, 0.29) is 45.4 Å². The summed E-state index contributed by atoms with van der Waals surface area (Å²) >= 11 is 0. The van der Waals surface area contributed by atoms with Gasteiger partial charge in [0.2, 0.25) is 5.56 Å². The van der Waals surface area contributed by atoms with Crippen LogP contribution in [0, 0.1) is 37.1 Å². The first-order valence-corrected chi connectivity index (χ1v) is 39.6. The molecule has 0 amide bonds. The number of nitrogens with two attached hydrogens (primary N) is 1. The molecule has 20 aromatic rings. The Balaban J connectivity index is 0.000000110. The zero-order valence-corrected chi connectivity index (χ0v) is 66.5. The molecule has 0 saturated carbocycles. The van der Waals surface area contributed by atoms with Crippen molar-refractivity contribution in [2.45, 2.75) is 33.1 Å². The number of aromatic nitrogens is 10. The molecular weight excluding hydrogens is 1610 g/mol. The zero-order valence-electron chi connectivity index (χ0n) is 66.5. The average molecular weight is 1670 g/mol. The molecule has 2 aliphatic heterocycles. The van der Waals surface area contributed by atoms with Crippen LogP contribution in [0.15, 0.2) is 332 Å². The highest BCUT2D eigenvalue weighted by Gasteiger charge is 2.35. The van der Waals surface area contributed by atoms with Crippen molar-refractivity contribution in [3.05, 3.63) is 412 Å². The van der Waals surface area contributed by atoms with Crippen molar-refractivity contribution in [2.24, 2.45) is 9.98 Å². The number of alkyl halides is 3.